The minimum Gasteiger partial charge on any atom is -0.481 e. The fraction of sp³-hybridized carbons (Fsp3) is 0.600. The van der Waals surface area contributed by atoms with Crippen molar-refractivity contribution in [2.75, 3.05) is 13.1 Å². The van der Waals surface area contributed by atoms with Crippen molar-refractivity contribution in [2.24, 2.45) is 11.8 Å². The summed E-state index contributed by atoms with van der Waals surface area (Å²) in [5.41, 5.74) is 1.22. The van der Waals surface area contributed by atoms with Gasteiger partial charge in [-0.05, 0) is 47.6 Å². The topological polar surface area (TPSA) is 78.4 Å². The number of amides is 2. The second-order valence-corrected chi connectivity index (χ2v) is 6.29. The van der Waals surface area contributed by atoms with Gasteiger partial charge in [0.25, 0.3) is 0 Å². The summed E-state index contributed by atoms with van der Waals surface area (Å²) in [6.07, 6.45) is 4.45. The molecule has 0 radical (unpaired) electrons. The third kappa shape index (κ3) is 5.04. The van der Waals surface area contributed by atoms with Gasteiger partial charge in [-0.3, -0.25) is 4.79 Å². The van der Waals surface area contributed by atoms with Crippen LogP contribution in [-0.2, 0) is 11.2 Å². The zero-order valence-corrected chi connectivity index (χ0v) is 12.8. The second-order valence-electron chi connectivity index (χ2n) is 5.51. The standard InChI is InChI=1S/C15H22N2O3S/c18-14(19)13-4-2-1-3-12(13)9-17-15(20)16-7-5-11-6-8-21-10-11/h6,8,10,12-13H,1-5,7,9H2,(H,18,19)(H2,16,17,20). The molecule has 21 heavy (non-hydrogen) atoms. The Morgan fingerprint density at radius 1 is 1.29 bits per heavy atom. The van der Waals surface area contributed by atoms with Crippen LogP contribution in [0, 0.1) is 11.8 Å². The van der Waals surface area contributed by atoms with Crippen molar-refractivity contribution in [3.63, 3.8) is 0 Å². The number of carbonyl (C=O) groups excluding carboxylic acids is 1. The molecule has 6 heteroatoms. The summed E-state index contributed by atoms with van der Waals surface area (Å²) >= 11 is 1.65. The highest BCUT2D eigenvalue weighted by Gasteiger charge is 2.30. The van der Waals surface area contributed by atoms with E-state index in [0.717, 1.165) is 32.1 Å². The lowest BCUT2D eigenvalue weighted by Crippen LogP contribution is -2.42. The Kier molecular flexibility index (Phi) is 6.04. The van der Waals surface area contributed by atoms with Crippen LogP contribution in [0.25, 0.3) is 0 Å². The molecule has 1 saturated carbocycles. The first kappa shape index (κ1) is 15.8. The number of carbonyl (C=O) groups is 2. The van der Waals surface area contributed by atoms with Gasteiger partial charge in [-0.2, -0.15) is 11.3 Å². The molecule has 1 aliphatic carbocycles. The number of carboxylic acid groups (broad SMARTS) is 1. The molecule has 2 unspecified atom stereocenters. The first-order valence-electron chi connectivity index (χ1n) is 7.42. The van der Waals surface area contributed by atoms with E-state index in [1.165, 1.54) is 5.56 Å². The van der Waals surface area contributed by atoms with Gasteiger partial charge in [0.1, 0.15) is 0 Å². The van der Waals surface area contributed by atoms with E-state index < -0.39 is 5.97 Å². The van der Waals surface area contributed by atoms with Crippen LogP contribution < -0.4 is 10.6 Å². The van der Waals surface area contributed by atoms with Gasteiger partial charge >= 0.3 is 12.0 Å². The molecule has 0 saturated heterocycles. The summed E-state index contributed by atoms with van der Waals surface area (Å²) in [6.45, 7) is 1.04. The summed E-state index contributed by atoms with van der Waals surface area (Å²) < 4.78 is 0. The minimum atomic E-state index is -0.737. The lowest BCUT2D eigenvalue weighted by Gasteiger charge is -2.28. The Morgan fingerprint density at radius 2 is 2.10 bits per heavy atom. The van der Waals surface area contributed by atoms with Gasteiger partial charge in [0, 0.05) is 13.1 Å². The predicted octanol–water partition coefficient (Wildman–Crippen LogP) is 2.48. The average molecular weight is 310 g/mol. The number of rotatable bonds is 6. The molecule has 2 rings (SSSR count). The first-order valence-corrected chi connectivity index (χ1v) is 8.36. The number of hydrogen-bond donors (Lipinski definition) is 3. The summed E-state index contributed by atoms with van der Waals surface area (Å²) in [5, 5.41) is 18.9. The molecule has 0 bridgehead atoms. The molecule has 1 heterocycles. The normalized spacial score (nSPS) is 21.7. The summed E-state index contributed by atoms with van der Waals surface area (Å²) in [6, 6.07) is 1.84. The van der Waals surface area contributed by atoms with E-state index in [-0.39, 0.29) is 17.9 Å². The average Bonchev–Trinajstić information content (AvgIpc) is 2.98. The van der Waals surface area contributed by atoms with Crippen molar-refractivity contribution < 1.29 is 14.7 Å². The molecule has 5 nitrogen and oxygen atoms in total. The lowest BCUT2D eigenvalue weighted by atomic mass is 9.79. The Morgan fingerprint density at radius 3 is 2.81 bits per heavy atom. The van der Waals surface area contributed by atoms with Crippen LogP contribution in [0.15, 0.2) is 16.8 Å². The van der Waals surface area contributed by atoms with Gasteiger partial charge in [-0.25, -0.2) is 4.79 Å². The number of aliphatic carboxylic acids is 1. The van der Waals surface area contributed by atoms with Crippen molar-refractivity contribution in [1.82, 2.24) is 10.6 Å². The van der Waals surface area contributed by atoms with Gasteiger partial charge in [-0.15, -0.1) is 0 Å². The molecule has 0 spiro atoms. The Bertz CT molecular complexity index is 461. The lowest BCUT2D eigenvalue weighted by molar-refractivity contribution is -0.144. The summed E-state index contributed by atoms with van der Waals surface area (Å²) in [5.74, 6) is -0.997. The molecular formula is C15H22N2O3S. The highest BCUT2D eigenvalue weighted by molar-refractivity contribution is 7.07. The van der Waals surface area contributed by atoms with Crippen LogP contribution >= 0.6 is 11.3 Å². The van der Waals surface area contributed by atoms with E-state index in [9.17, 15) is 14.7 Å². The summed E-state index contributed by atoms with van der Waals surface area (Å²) in [7, 11) is 0. The maximum atomic E-state index is 11.7. The van der Waals surface area contributed by atoms with E-state index in [0.29, 0.717) is 13.1 Å². The van der Waals surface area contributed by atoms with Crippen LogP contribution in [-0.4, -0.2) is 30.2 Å². The molecule has 116 valence electrons. The van der Waals surface area contributed by atoms with Crippen molar-refractivity contribution >= 4 is 23.3 Å². The van der Waals surface area contributed by atoms with E-state index >= 15 is 0 Å². The Labute approximate surface area is 128 Å². The molecule has 1 aromatic rings. The predicted molar refractivity (Wildman–Crippen MR) is 82.5 cm³/mol. The second kappa shape index (κ2) is 8.02. The number of thiophene rings is 1. The number of hydrogen-bond acceptors (Lipinski definition) is 3. The number of urea groups is 1. The zero-order chi connectivity index (χ0) is 15.1. The van der Waals surface area contributed by atoms with Gasteiger partial charge in [-0.1, -0.05) is 12.8 Å². The minimum absolute atomic E-state index is 0.0545. The maximum absolute atomic E-state index is 11.7. The maximum Gasteiger partial charge on any atom is 0.314 e. The van der Waals surface area contributed by atoms with Crippen molar-refractivity contribution in [3.05, 3.63) is 22.4 Å². The highest BCUT2D eigenvalue weighted by atomic mass is 32.1. The fourth-order valence-electron chi connectivity index (χ4n) is 2.82. The van der Waals surface area contributed by atoms with E-state index in [1.54, 1.807) is 11.3 Å². The Hall–Kier alpha value is -1.56. The largest absolute Gasteiger partial charge is 0.481 e. The molecule has 3 N–H and O–H groups in total. The van der Waals surface area contributed by atoms with Crippen molar-refractivity contribution in [2.45, 2.75) is 32.1 Å². The van der Waals surface area contributed by atoms with Crippen LogP contribution in [0.1, 0.15) is 31.2 Å². The molecule has 2 atom stereocenters. The molecule has 0 aliphatic heterocycles. The number of nitrogens with one attached hydrogen (secondary N) is 2. The molecule has 1 aromatic heterocycles. The molecule has 2 amide bonds. The van der Waals surface area contributed by atoms with E-state index in [4.69, 9.17) is 0 Å². The van der Waals surface area contributed by atoms with Crippen molar-refractivity contribution in [3.8, 4) is 0 Å². The Balaban J connectivity index is 1.66. The van der Waals surface area contributed by atoms with Crippen molar-refractivity contribution in [1.29, 1.82) is 0 Å². The first-order chi connectivity index (χ1) is 10.2. The molecule has 1 aliphatic rings. The fourth-order valence-corrected chi connectivity index (χ4v) is 3.52. The van der Waals surface area contributed by atoms with E-state index in [1.807, 2.05) is 11.4 Å². The van der Waals surface area contributed by atoms with Gasteiger partial charge in [0.2, 0.25) is 0 Å². The smallest absolute Gasteiger partial charge is 0.314 e. The van der Waals surface area contributed by atoms with Crippen LogP contribution in [0.5, 0.6) is 0 Å². The molecule has 0 aromatic carbocycles. The number of carboxylic acids is 1. The van der Waals surface area contributed by atoms with Gasteiger partial charge in [0.05, 0.1) is 5.92 Å². The third-order valence-electron chi connectivity index (χ3n) is 4.03. The quantitative estimate of drug-likeness (QED) is 0.755. The van der Waals surface area contributed by atoms with Gasteiger partial charge < -0.3 is 15.7 Å². The SMILES string of the molecule is O=C(NCCc1ccsc1)NCC1CCCCC1C(=O)O. The van der Waals surface area contributed by atoms with Gasteiger partial charge in [0.15, 0.2) is 0 Å². The van der Waals surface area contributed by atoms with E-state index in [2.05, 4.69) is 16.0 Å². The monoisotopic (exact) mass is 310 g/mol. The van der Waals surface area contributed by atoms with Crippen LogP contribution in [0.3, 0.4) is 0 Å². The molecule has 1 fully saturated rings. The van der Waals surface area contributed by atoms with Crippen LogP contribution in [0.4, 0.5) is 4.79 Å². The van der Waals surface area contributed by atoms with Crippen LogP contribution in [0.2, 0.25) is 0 Å². The molecular weight excluding hydrogens is 288 g/mol. The zero-order valence-electron chi connectivity index (χ0n) is 12.0. The third-order valence-corrected chi connectivity index (χ3v) is 4.76. The highest BCUT2D eigenvalue weighted by Crippen LogP contribution is 2.29. The summed E-state index contributed by atoms with van der Waals surface area (Å²) in [4.78, 5) is 22.9.